The zero-order valence-electron chi connectivity index (χ0n) is 10.5. The fraction of sp³-hybridized carbons (Fsp3) is 0.333. The Kier molecular flexibility index (Phi) is 2.74. The average molecular weight is 239 g/mol. The van der Waals surface area contributed by atoms with Crippen LogP contribution in [0.1, 0.15) is 31.2 Å². The summed E-state index contributed by atoms with van der Waals surface area (Å²) < 4.78 is 0. The molecule has 1 unspecified atom stereocenters. The van der Waals surface area contributed by atoms with Crippen LogP contribution in [-0.4, -0.2) is 9.97 Å². The molecule has 3 heteroatoms. The van der Waals surface area contributed by atoms with Crippen molar-refractivity contribution in [1.82, 2.24) is 9.97 Å². The van der Waals surface area contributed by atoms with E-state index in [4.69, 9.17) is 5.73 Å². The molecule has 0 aliphatic heterocycles. The maximum Gasteiger partial charge on any atom is 0.219 e. The van der Waals surface area contributed by atoms with Gasteiger partial charge >= 0.3 is 0 Å². The molecule has 3 nitrogen and oxygen atoms in total. The predicted octanol–water partition coefficient (Wildman–Crippen LogP) is 3.24. The summed E-state index contributed by atoms with van der Waals surface area (Å²) >= 11 is 0. The van der Waals surface area contributed by atoms with Crippen LogP contribution in [0.25, 0.3) is 11.1 Å². The lowest BCUT2D eigenvalue weighted by Crippen LogP contribution is -1.96. The molecular weight excluding hydrogens is 222 g/mol. The number of benzene rings is 1. The lowest BCUT2D eigenvalue weighted by molar-refractivity contribution is 0.664. The molecule has 2 N–H and O–H groups in total. The lowest BCUT2D eigenvalue weighted by Gasteiger charge is -2.11. The summed E-state index contributed by atoms with van der Waals surface area (Å²) in [6.07, 6.45) is 6.30. The Bertz CT molecular complexity index is 527. The van der Waals surface area contributed by atoms with E-state index in [1.54, 1.807) is 12.4 Å². The zero-order chi connectivity index (χ0) is 12.5. The molecule has 0 radical (unpaired) electrons. The summed E-state index contributed by atoms with van der Waals surface area (Å²) in [5, 5.41) is 0. The number of rotatable bonds is 3. The number of nitrogen functional groups attached to an aromatic ring is 1. The van der Waals surface area contributed by atoms with Crippen molar-refractivity contribution in [1.29, 1.82) is 0 Å². The number of hydrogen-bond donors (Lipinski definition) is 1. The highest BCUT2D eigenvalue weighted by Crippen LogP contribution is 2.42. The maximum atomic E-state index is 5.49. The van der Waals surface area contributed by atoms with Gasteiger partial charge in [0.25, 0.3) is 0 Å². The third-order valence-electron chi connectivity index (χ3n) is 3.77. The smallest absolute Gasteiger partial charge is 0.219 e. The minimum absolute atomic E-state index is 0.317. The highest BCUT2D eigenvalue weighted by atomic mass is 15.0. The summed E-state index contributed by atoms with van der Waals surface area (Å²) in [6.45, 7) is 2.32. The highest BCUT2D eigenvalue weighted by molar-refractivity contribution is 5.62. The molecule has 1 aliphatic carbocycles. The molecule has 1 aromatic carbocycles. The molecule has 0 amide bonds. The van der Waals surface area contributed by atoms with Gasteiger partial charge in [0, 0.05) is 18.0 Å². The minimum Gasteiger partial charge on any atom is -0.368 e. The molecule has 1 aliphatic rings. The fourth-order valence-corrected chi connectivity index (χ4v) is 2.33. The molecule has 0 bridgehead atoms. The molecule has 1 atom stereocenters. The molecule has 92 valence electrons. The zero-order valence-corrected chi connectivity index (χ0v) is 10.5. The number of aromatic nitrogens is 2. The van der Waals surface area contributed by atoms with Crippen LogP contribution in [0.4, 0.5) is 5.95 Å². The normalized spacial score (nSPS) is 16.5. The van der Waals surface area contributed by atoms with E-state index in [1.807, 2.05) is 0 Å². The largest absolute Gasteiger partial charge is 0.368 e. The lowest BCUT2D eigenvalue weighted by atomic mass is 9.95. The van der Waals surface area contributed by atoms with Crippen LogP contribution in [0, 0.1) is 5.92 Å². The topological polar surface area (TPSA) is 51.8 Å². The molecule has 0 spiro atoms. The van der Waals surface area contributed by atoms with Gasteiger partial charge in [-0.05, 0) is 35.8 Å². The quantitative estimate of drug-likeness (QED) is 0.894. The Morgan fingerprint density at radius 2 is 1.67 bits per heavy atom. The van der Waals surface area contributed by atoms with Crippen LogP contribution in [0.15, 0.2) is 36.7 Å². The second-order valence-corrected chi connectivity index (χ2v) is 5.08. The van der Waals surface area contributed by atoms with E-state index in [1.165, 1.54) is 18.4 Å². The number of anilines is 1. The van der Waals surface area contributed by atoms with Gasteiger partial charge in [-0.3, -0.25) is 0 Å². The van der Waals surface area contributed by atoms with E-state index in [0.29, 0.717) is 11.9 Å². The van der Waals surface area contributed by atoms with E-state index < -0.39 is 0 Å². The molecule has 18 heavy (non-hydrogen) atoms. The number of nitrogens with two attached hydrogens (primary N) is 1. The van der Waals surface area contributed by atoms with E-state index >= 15 is 0 Å². The van der Waals surface area contributed by atoms with Crippen LogP contribution >= 0.6 is 0 Å². The summed E-state index contributed by atoms with van der Waals surface area (Å²) in [6, 6.07) is 8.72. The van der Waals surface area contributed by atoms with E-state index in [2.05, 4.69) is 41.2 Å². The van der Waals surface area contributed by atoms with Gasteiger partial charge in [-0.25, -0.2) is 9.97 Å². The second kappa shape index (κ2) is 4.41. The van der Waals surface area contributed by atoms with Gasteiger partial charge in [0.05, 0.1) is 0 Å². The SMILES string of the molecule is CC(c1ccc(-c2cnc(N)nc2)cc1)C1CC1. The Morgan fingerprint density at radius 3 is 2.22 bits per heavy atom. The van der Waals surface area contributed by atoms with Gasteiger partial charge in [-0.1, -0.05) is 31.2 Å². The van der Waals surface area contributed by atoms with Crippen molar-refractivity contribution < 1.29 is 0 Å². The summed E-state index contributed by atoms with van der Waals surface area (Å²) in [5.74, 6) is 1.90. The van der Waals surface area contributed by atoms with E-state index in [9.17, 15) is 0 Å². The third-order valence-corrected chi connectivity index (χ3v) is 3.77. The van der Waals surface area contributed by atoms with Crippen LogP contribution in [0.2, 0.25) is 0 Å². The minimum atomic E-state index is 0.317. The first-order valence-electron chi connectivity index (χ1n) is 6.42. The Hall–Kier alpha value is -1.90. The molecule has 2 aromatic rings. The molecule has 1 aromatic heterocycles. The van der Waals surface area contributed by atoms with Crippen LogP contribution < -0.4 is 5.73 Å². The second-order valence-electron chi connectivity index (χ2n) is 5.08. The average Bonchev–Trinajstić information content (AvgIpc) is 3.23. The van der Waals surface area contributed by atoms with Crippen molar-refractivity contribution in [3.05, 3.63) is 42.2 Å². The highest BCUT2D eigenvalue weighted by Gasteiger charge is 2.28. The van der Waals surface area contributed by atoms with Crippen LogP contribution in [0.5, 0.6) is 0 Å². The monoisotopic (exact) mass is 239 g/mol. The maximum absolute atomic E-state index is 5.49. The predicted molar refractivity (Wildman–Crippen MR) is 73.0 cm³/mol. The first-order chi connectivity index (χ1) is 8.74. The van der Waals surface area contributed by atoms with E-state index in [-0.39, 0.29) is 0 Å². The molecule has 1 fully saturated rings. The fourth-order valence-electron chi connectivity index (χ4n) is 2.33. The molecular formula is C15H17N3. The van der Waals surface area contributed by atoms with Gasteiger partial charge in [0.15, 0.2) is 0 Å². The van der Waals surface area contributed by atoms with Gasteiger partial charge in [0.1, 0.15) is 0 Å². The van der Waals surface area contributed by atoms with Crippen molar-refractivity contribution in [2.75, 3.05) is 5.73 Å². The Morgan fingerprint density at radius 1 is 1.06 bits per heavy atom. The van der Waals surface area contributed by atoms with Crippen molar-refractivity contribution in [2.24, 2.45) is 5.92 Å². The van der Waals surface area contributed by atoms with Crippen molar-refractivity contribution in [3.63, 3.8) is 0 Å². The van der Waals surface area contributed by atoms with Gasteiger partial charge in [0.2, 0.25) is 5.95 Å². The van der Waals surface area contributed by atoms with Gasteiger partial charge < -0.3 is 5.73 Å². The molecule has 3 rings (SSSR count). The Labute approximate surface area is 107 Å². The van der Waals surface area contributed by atoms with Crippen molar-refractivity contribution in [3.8, 4) is 11.1 Å². The first-order valence-corrected chi connectivity index (χ1v) is 6.42. The van der Waals surface area contributed by atoms with Crippen LogP contribution in [0.3, 0.4) is 0 Å². The summed E-state index contributed by atoms with van der Waals surface area (Å²) in [7, 11) is 0. The third kappa shape index (κ3) is 2.21. The molecule has 0 saturated heterocycles. The van der Waals surface area contributed by atoms with E-state index in [0.717, 1.165) is 17.0 Å². The van der Waals surface area contributed by atoms with Gasteiger partial charge in [-0.2, -0.15) is 0 Å². The number of nitrogens with zero attached hydrogens (tertiary/aromatic N) is 2. The summed E-state index contributed by atoms with van der Waals surface area (Å²) in [5.41, 5.74) is 9.06. The standard InChI is InChI=1S/C15H17N3/c1-10(11-2-3-11)12-4-6-13(7-5-12)14-8-17-15(16)18-9-14/h4-11H,2-3H2,1H3,(H2,16,17,18). The van der Waals surface area contributed by atoms with Crippen molar-refractivity contribution in [2.45, 2.75) is 25.7 Å². The van der Waals surface area contributed by atoms with Crippen LogP contribution in [-0.2, 0) is 0 Å². The van der Waals surface area contributed by atoms with Crippen molar-refractivity contribution >= 4 is 5.95 Å². The molecule has 1 heterocycles. The Balaban J connectivity index is 1.83. The number of hydrogen-bond acceptors (Lipinski definition) is 3. The first kappa shape index (κ1) is 11.2. The van der Waals surface area contributed by atoms with Gasteiger partial charge in [-0.15, -0.1) is 0 Å². The summed E-state index contributed by atoms with van der Waals surface area (Å²) in [4.78, 5) is 8.04. The molecule has 1 saturated carbocycles.